The van der Waals surface area contributed by atoms with E-state index in [1.54, 1.807) is 0 Å². The lowest BCUT2D eigenvalue weighted by Crippen LogP contribution is -2.16. The Kier molecular flexibility index (Phi) is 8.50. The van der Waals surface area contributed by atoms with Crippen molar-refractivity contribution in [3.63, 3.8) is 0 Å². The first-order chi connectivity index (χ1) is 27.8. The first kappa shape index (κ1) is 34.0. The molecule has 0 saturated carbocycles. The van der Waals surface area contributed by atoms with Gasteiger partial charge in [0.1, 0.15) is 0 Å². The molecular weight excluding hydrogens is 677 g/mol. The molecule has 0 radical (unpaired) electrons. The van der Waals surface area contributed by atoms with Crippen LogP contribution in [0.25, 0.3) is 60.2 Å². The molecule has 1 saturated heterocycles. The normalized spacial score (nSPS) is 17.7. The molecule has 1 aliphatic carbocycles. The smallest absolute Gasteiger partial charge is 0.0900 e. The van der Waals surface area contributed by atoms with E-state index in [2.05, 4.69) is 204 Å². The average molecular weight is 721 g/mol. The lowest BCUT2D eigenvalue weighted by Gasteiger charge is -2.22. The van der Waals surface area contributed by atoms with E-state index < -0.39 is 0 Å². The van der Waals surface area contributed by atoms with Crippen molar-refractivity contribution in [1.82, 2.24) is 9.88 Å². The summed E-state index contributed by atoms with van der Waals surface area (Å²) in [5.41, 5.74) is 12.6. The van der Waals surface area contributed by atoms with Gasteiger partial charge in [0.2, 0.25) is 0 Å². The van der Waals surface area contributed by atoms with Crippen molar-refractivity contribution in [2.24, 2.45) is 0 Å². The molecule has 2 aliphatic rings. The topological polar surface area (TPSA) is 26.9 Å². The van der Waals surface area contributed by atoms with E-state index in [1.165, 1.54) is 88.0 Å². The van der Waals surface area contributed by atoms with Crippen molar-refractivity contribution >= 4 is 54.5 Å². The van der Waals surface area contributed by atoms with Gasteiger partial charge in [0, 0.05) is 16.2 Å². The fourth-order valence-corrected chi connectivity index (χ4v) is 9.28. The molecule has 8 aromatic carbocycles. The zero-order valence-corrected chi connectivity index (χ0v) is 31.9. The van der Waals surface area contributed by atoms with Gasteiger partial charge in [0.05, 0.1) is 28.3 Å². The standard InChI is InChI=1S/C52H38N2.C2H6/c1-3-14-35(15-4-1)36-26-28-37(29-27-36)38-18-13-19-41(32-38)51-52(53-51,42-20-5-2-6-21-42)47-30-31-49(44-23-10-9-22-43(44)47)54-48-25-12-11-24-45(48)46-33-39-16-7-8-17-40(39)34-50(46)54;1-2/h1-26,28,30-34,51,53H,27,29H2;1-2H3. The lowest BCUT2D eigenvalue weighted by molar-refractivity contribution is 0.795. The summed E-state index contributed by atoms with van der Waals surface area (Å²) in [6, 6.07) is 67.2. The molecule has 0 amide bonds. The Morgan fingerprint density at radius 2 is 1.09 bits per heavy atom. The van der Waals surface area contributed by atoms with Crippen LogP contribution in [0.1, 0.15) is 60.5 Å². The van der Waals surface area contributed by atoms with E-state index in [1.807, 2.05) is 13.8 Å². The fourth-order valence-electron chi connectivity index (χ4n) is 9.28. The average Bonchev–Trinajstić information content (AvgIpc) is 3.97. The van der Waals surface area contributed by atoms with Crippen molar-refractivity contribution < 1.29 is 0 Å². The van der Waals surface area contributed by atoms with Crippen molar-refractivity contribution in [1.29, 1.82) is 0 Å². The van der Waals surface area contributed by atoms with Gasteiger partial charge in [-0.3, -0.25) is 5.32 Å². The molecule has 9 aromatic rings. The maximum atomic E-state index is 4.08. The van der Waals surface area contributed by atoms with Crippen LogP contribution in [0.4, 0.5) is 0 Å². The molecule has 2 unspecified atom stereocenters. The number of hydrogen-bond acceptors (Lipinski definition) is 1. The zero-order valence-electron chi connectivity index (χ0n) is 31.9. The molecule has 2 heteroatoms. The van der Waals surface area contributed by atoms with Crippen LogP contribution < -0.4 is 5.32 Å². The van der Waals surface area contributed by atoms with Crippen molar-refractivity contribution in [3.05, 3.63) is 222 Å². The largest absolute Gasteiger partial charge is 0.309 e. The number of nitrogens with zero attached hydrogens (tertiary/aromatic N) is 1. The highest BCUT2D eigenvalue weighted by atomic mass is 15.2. The molecule has 1 aromatic heterocycles. The molecule has 56 heavy (non-hydrogen) atoms. The summed E-state index contributed by atoms with van der Waals surface area (Å²) in [6.07, 6.45) is 6.74. The van der Waals surface area contributed by atoms with Crippen molar-refractivity contribution in [3.8, 4) is 5.69 Å². The Morgan fingerprint density at radius 1 is 0.482 bits per heavy atom. The summed E-state index contributed by atoms with van der Waals surface area (Å²) in [5.74, 6) is 0. The zero-order chi connectivity index (χ0) is 37.6. The summed E-state index contributed by atoms with van der Waals surface area (Å²) < 4.78 is 2.48. The third kappa shape index (κ3) is 5.52. The van der Waals surface area contributed by atoms with Crippen LogP contribution in [0.2, 0.25) is 0 Å². The van der Waals surface area contributed by atoms with Crippen LogP contribution in [-0.2, 0) is 5.54 Å². The van der Waals surface area contributed by atoms with E-state index in [0.29, 0.717) is 0 Å². The molecule has 0 bridgehead atoms. The van der Waals surface area contributed by atoms with Gasteiger partial charge in [0.15, 0.2) is 0 Å². The SMILES string of the molecule is C1=C(c2ccccc2)CCC(c2cccc(C3NC3(c3ccccc3)c3ccc(-n4c5ccccc5c5cc6ccccc6cc54)c4ccccc34)c2)=C1.CC. The monoisotopic (exact) mass is 720 g/mol. The van der Waals surface area contributed by atoms with Gasteiger partial charge in [-0.25, -0.2) is 0 Å². The second-order valence-corrected chi connectivity index (χ2v) is 14.9. The second-order valence-electron chi connectivity index (χ2n) is 14.9. The van der Waals surface area contributed by atoms with Gasteiger partial charge < -0.3 is 4.57 Å². The van der Waals surface area contributed by atoms with Gasteiger partial charge in [-0.15, -0.1) is 0 Å². The fraction of sp³-hybridized carbons (Fsp3) is 0.111. The Labute approximate surface area is 329 Å². The Bertz CT molecular complexity index is 2970. The van der Waals surface area contributed by atoms with E-state index in [0.717, 1.165) is 12.8 Å². The summed E-state index contributed by atoms with van der Waals surface area (Å²) in [5, 5.41) is 11.7. The summed E-state index contributed by atoms with van der Waals surface area (Å²) in [4.78, 5) is 0. The molecule has 1 aliphatic heterocycles. The molecule has 11 rings (SSSR count). The predicted molar refractivity (Wildman–Crippen MR) is 238 cm³/mol. The number of fused-ring (bicyclic) bond motifs is 5. The number of allylic oxidation sites excluding steroid dienone is 4. The van der Waals surface area contributed by atoms with Gasteiger partial charge in [0.25, 0.3) is 0 Å². The quantitative estimate of drug-likeness (QED) is 0.170. The summed E-state index contributed by atoms with van der Waals surface area (Å²) >= 11 is 0. The first-order valence-electron chi connectivity index (χ1n) is 20.1. The molecule has 1 fully saturated rings. The molecule has 1 N–H and O–H groups in total. The predicted octanol–water partition coefficient (Wildman–Crippen LogP) is 14.0. The van der Waals surface area contributed by atoms with Crippen LogP contribution in [0.5, 0.6) is 0 Å². The highest BCUT2D eigenvalue weighted by molar-refractivity contribution is 6.14. The number of benzene rings is 8. The van der Waals surface area contributed by atoms with Crippen LogP contribution in [0, 0.1) is 0 Å². The maximum Gasteiger partial charge on any atom is 0.0900 e. The first-order valence-corrected chi connectivity index (χ1v) is 20.1. The number of nitrogens with one attached hydrogen (secondary N) is 1. The molecule has 2 heterocycles. The van der Waals surface area contributed by atoms with Crippen LogP contribution in [0.15, 0.2) is 194 Å². The van der Waals surface area contributed by atoms with Gasteiger partial charge in [-0.05, 0) is 98.3 Å². The molecular formula is C54H44N2. The molecule has 2 nitrogen and oxygen atoms in total. The molecule has 2 atom stereocenters. The van der Waals surface area contributed by atoms with E-state index in [9.17, 15) is 0 Å². The number of hydrogen-bond donors (Lipinski definition) is 1. The van der Waals surface area contributed by atoms with Gasteiger partial charge >= 0.3 is 0 Å². The number of rotatable bonds is 6. The Hall–Kier alpha value is -6.48. The molecule has 270 valence electrons. The minimum atomic E-state index is -0.365. The van der Waals surface area contributed by atoms with Gasteiger partial charge in [-0.1, -0.05) is 178 Å². The number of para-hydroxylation sites is 1. The summed E-state index contributed by atoms with van der Waals surface area (Å²) in [6.45, 7) is 4.00. The van der Waals surface area contributed by atoms with Gasteiger partial charge in [-0.2, -0.15) is 0 Å². The minimum absolute atomic E-state index is 0.133. The highest BCUT2D eigenvalue weighted by Gasteiger charge is 2.57. The van der Waals surface area contributed by atoms with Crippen LogP contribution >= 0.6 is 0 Å². The van der Waals surface area contributed by atoms with Crippen LogP contribution in [0.3, 0.4) is 0 Å². The third-order valence-corrected chi connectivity index (χ3v) is 11.9. The van der Waals surface area contributed by atoms with E-state index >= 15 is 0 Å². The number of aromatic nitrogens is 1. The Morgan fingerprint density at radius 3 is 1.84 bits per heavy atom. The highest BCUT2D eigenvalue weighted by Crippen LogP contribution is 2.56. The van der Waals surface area contributed by atoms with Crippen molar-refractivity contribution in [2.75, 3.05) is 0 Å². The molecule has 0 spiro atoms. The third-order valence-electron chi connectivity index (χ3n) is 11.9. The van der Waals surface area contributed by atoms with Crippen molar-refractivity contribution in [2.45, 2.75) is 38.3 Å². The van der Waals surface area contributed by atoms with E-state index in [4.69, 9.17) is 0 Å². The van der Waals surface area contributed by atoms with Crippen LogP contribution in [-0.4, -0.2) is 4.57 Å². The lowest BCUT2D eigenvalue weighted by atomic mass is 9.82. The Balaban J connectivity index is 0.00000189. The minimum Gasteiger partial charge on any atom is -0.309 e. The maximum absolute atomic E-state index is 4.08. The summed E-state index contributed by atoms with van der Waals surface area (Å²) in [7, 11) is 0. The van der Waals surface area contributed by atoms with E-state index in [-0.39, 0.29) is 11.6 Å². The second kappa shape index (κ2) is 14.0.